The number of aromatic nitrogens is 2. The molecule has 1 aliphatic heterocycles. The fraction of sp³-hybridized carbons (Fsp3) is 0.407. The van der Waals surface area contributed by atoms with Crippen molar-refractivity contribution in [2.24, 2.45) is 10.9 Å². The molecule has 2 atom stereocenters. The first-order chi connectivity index (χ1) is 19.5. The van der Waals surface area contributed by atoms with Crippen LogP contribution in [0, 0.1) is 16.7 Å². The Labute approximate surface area is 235 Å². The molecular formula is C27H33F3N8O3. The smallest absolute Gasteiger partial charge is 0.381 e. The molecule has 1 aromatic carbocycles. The van der Waals surface area contributed by atoms with Crippen molar-refractivity contribution in [1.29, 1.82) is 10.8 Å². The van der Waals surface area contributed by atoms with Crippen LogP contribution in [0.2, 0.25) is 0 Å². The van der Waals surface area contributed by atoms with Crippen LogP contribution in [-0.2, 0) is 9.53 Å². The number of imidazole rings is 1. The lowest BCUT2D eigenvalue weighted by Crippen LogP contribution is -2.44. The largest absolute Gasteiger partial charge is 0.405 e. The van der Waals surface area contributed by atoms with E-state index in [1.165, 1.54) is 18.5 Å². The van der Waals surface area contributed by atoms with Gasteiger partial charge in [-0.05, 0) is 43.5 Å². The molecule has 3 amide bonds. The molecule has 3 rings (SSSR count). The number of amides is 3. The number of hydrogen-bond donors (Lipinski definition) is 5. The second kappa shape index (κ2) is 14.3. The maximum absolute atomic E-state index is 12.8. The van der Waals surface area contributed by atoms with E-state index < -0.39 is 30.7 Å². The molecule has 14 heteroatoms. The van der Waals surface area contributed by atoms with Gasteiger partial charge in [0, 0.05) is 56.2 Å². The number of nitrogens with one attached hydrogen (secondary N) is 5. The van der Waals surface area contributed by atoms with E-state index >= 15 is 0 Å². The molecule has 2 aromatic rings. The molecule has 2 unspecified atom stereocenters. The fourth-order valence-electron chi connectivity index (χ4n) is 4.13. The highest BCUT2D eigenvalue weighted by molar-refractivity contribution is 5.99. The second-order valence-electron chi connectivity index (χ2n) is 9.43. The van der Waals surface area contributed by atoms with Crippen molar-refractivity contribution < 1.29 is 27.5 Å². The molecule has 0 bridgehead atoms. The van der Waals surface area contributed by atoms with Crippen LogP contribution in [0.3, 0.4) is 0 Å². The van der Waals surface area contributed by atoms with E-state index in [2.05, 4.69) is 20.3 Å². The summed E-state index contributed by atoms with van der Waals surface area (Å²) >= 11 is 0. The molecule has 1 aliphatic rings. The Kier molecular flexibility index (Phi) is 10.9. The number of alkyl halides is 3. The lowest BCUT2D eigenvalue weighted by molar-refractivity contribution is -0.134. The molecule has 0 spiro atoms. The van der Waals surface area contributed by atoms with E-state index in [4.69, 9.17) is 15.6 Å². The summed E-state index contributed by atoms with van der Waals surface area (Å²) in [5.74, 6) is -0.432. The second-order valence-corrected chi connectivity index (χ2v) is 9.43. The summed E-state index contributed by atoms with van der Waals surface area (Å²) in [5, 5.41) is 19.8. The standard InChI is InChI=1S/C27H33F3N8O3/c1-17(25(39)38(2)22-6-8-41-9-7-22)33-14-20(13-32)19(12-31)11-24-34-15-23(37-24)18-4-3-5-21(10-18)36-26(40)35-16-27(28,29)30/h3-5,10-15,17,20,22,31-32H,6-9,16H2,1-2H3,(H,34,37)(H2,35,36,40)/b19-11+,31-12?,32-13?,33-14?. The van der Waals surface area contributed by atoms with Crippen molar-refractivity contribution in [3.8, 4) is 11.3 Å². The summed E-state index contributed by atoms with van der Waals surface area (Å²) in [5.41, 5.74) is 1.84. The fourth-order valence-corrected chi connectivity index (χ4v) is 4.13. The number of urea groups is 1. The number of likely N-dealkylation sites (N-methyl/N-ethyl adjacent to an activating group) is 1. The van der Waals surface area contributed by atoms with E-state index in [9.17, 15) is 22.8 Å². The molecule has 1 aromatic heterocycles. The molecule has 5 N–H and O–H groups in total. The Balaban J connectivity index is 1.67. The summed E-state index contributed by atoms with van der Waals surface area (Å²) in [6.07, 6.45) is 3.78. The zero-order valence-electron chi connectivity index (χ0n) is 22.7. The first kappa shape index (κ1) is 31.2. The summed E-state index contributed by atoms with van der Waals surface area (Å²) < 4.78 is 42.3. The van der Waals surface area contributed by atoms with Gasteiger partial charge in [0.2, 0.25) is 5.91 Å². The van der Waals surface area contributed by atoms with E-state index in [0.29, 0.717) is 35.9 Å². The minimum absolute atomic E-state index is 0.0978. The van der Waals surface area contributed by atoms with E-state index in [-0.39, 0.29) is 17.6 Å². The average Bonchev–Trinajstić information content (AvgIpc) is 3.43. The Hall–Kier alpha value is -4.33. The van der Waals surface area contributed by atoms with Crippen LogP contribution in [0.25, 0.3) is 17.3 Å². The molecule has 0 aliphatic carbocycles. The number of anilines is 1. The van der Waals surface area contributed by atoms with Crippen LogP contribution < -0.4 is 10.6 Å². The SMILES string of the molecule is CC(N=CC(C=N)/C(C=N)=C/c1ncc(-c2cccc(NC(=O)NCC(F)(F)F)c2)[nH]1)C(=O)N(C)C1CCOCC1. The van der Waals surface area contributed by atoms with Crippen LogP contribution in [0.15, 0.2) is 41.0 Å². The average molecular weight is 575 g/mol. The topological polar surface area (TPSA) is 159 Å². The van der Waals surface area contributed by atoms with Gasteiger partial charge in [-0.25, -0.2) is 9.78 Å². The predicted octanol–water partition coefficient (Wildman–Crippen LogP) is 4.16. The normalized spacial score (nSPS) is 16.2. The number of allylic oxidation sites excluding steroid dienone is 1. The molecule has 11 nitrogen and oxygen atoms in total. The van der Waals surface area contributed by atoms with Crippen molar-refractivity contribution in [2.45, 2.75) is 38.0 Å². The molecular weight excluding hydrogens is 541 g/mol. The third-order valence-corrected chi connectivity index (χ3v) is 6.42. The Morgan fingerprint density at radius 2 is 2.02 bits per heavy atom. The van der Waals surface area contributed by atoms with E-state index in [0.717, 1.165) is 25.3 Å². The predicted molar refractivity (Wildman–Crippen MR) is 151 cm³/mol. The summed E-state index contributed by atoms with van der Waals surface area (Å²) in [7, 11) is 1.75. The van der Waals surface area contributed by atoms with Crippen molar-refractivity contribution in [3.63, 3.8) is 0 Å². The first-order valence-corrected chi connectivity index (χ1v) is 12.9. The summed E-state index contributed by atoms with van der Waals surface area (Å²) in [6, 6.07) is 4.88. The lowest BCUT2D eigenvalue weighted by atomic mass is 10.0. The Bertz CT molecular complexity index is 1280. The molecule has 41 heavy (non-hydrogen) atoms. The number of aliphatic imine (C=N–C) groups is 1. The highest BCUT2D eigenvalue weighted by Crippen LogP contribution is 2.22. The number of aromatic amines is 1. The van der Waals surface area contributed by atoms with Crippen LogP contribution in [0.1, 0.15) is 25.6 Å². The van der Waals surface area contributed by atoms with Gasteiger partial charge >= 0.3 is 12.2 Å². The Morgan fingerprint density at radius 1 is 1.29 bits per heavy atom. The number of H-pyrrole nitrogens is 1. The van der Waals surface area contributed by atoms with Gasteiger partial charge in [0.05, 0.1) is 17.8 Å². The minimum Gasteiger partial charge on any atom is -0.381 e. The van der Waals surface area contributed by atoms with Crippen LogP contribution in [-0.4, -0.2) is 90.5 Å². The first-order valence-electron chi connectivity index (χ1n) is 12.9. The van der Waals surface area contributed by atoms with Crippen molar-refractivity contribution >= 4 is 42.3 Å². The monoisotopic (exact) mass is 574 g/mol. The van der Waals surface area contributed by atoms with Gasteiger partial charge in [-0.3, -0.25) is 9.79 Å². The third-order valence-electron chi connectivity index (χ3n) is 6.42. The number of nitrogens with zero attached hydrogens (tertiary/aromatic N) is 3. The molecule has 2 heterocycles. The number of benzene rings is 1. The number of halogens is 3. The van der Waals surface area contributed by atoms with Gasteiger partial charge in [-0.15, -0.1) is 0 Å². The molecule has 220 valence electrons. The van der Waals surface area contributed by atoms with Gasteiger partial charge in [-0.1, -0.05) is 12.1 Å². The minimum atomic E-state index is -4.52. The van der Waals surface area contributed by atoms with Crippen LogP contribution >= 0.6 is 0 Å². The number of carbonyl (C=O) groups is 2. The van der Waals surface area contributed by atoms with Crippen LogP contribution in [0.5, 0.6) is 0 Å². The third kappa shape index (κ3) is 9.38. The van der Waals surface area contributed by atoms with E-state index in [1.54, 1.807) is 48.5 Å². The maximum atomic E-state index is 12.8. The molecule has 1 fully saturated rings. The zero-order valence-corrected chi connectivity index (χ0v) is 22.7. The van der Waals surface area contributed by atoms with Crippen LogP contribution in [0.4, 0.5) is 23.7 Å². The van der Waals surface area contributed by atoms with Crippen molar-refractivity contribution in [2.75, 3.05) is 32.1 Å². The lowest BCUT2D eigenvalue weighted by Gasteiger charge is -2.32. The highest BCUT2D eigenvalue weighted by Gasteiger charge is 2.28. The van der Waals surface area contributed by atoms with Gasteiger partial charge in [0.1, 0.15) is 18.4 Å². The van der Waals surface area contributed by atoms with Crippen molar-refractivity contribution in [1.82, 2.24) is 20.2 Å². The summed E-state index contributed by atoms with van der Waals surface area (Å²) in [4.78, 5) is 38.0. The van der Waals surface area contributed by atoms with E-state index in [1.807, 2.05) is 0 Å². The van der Waals surface area contributed by atoms with Gasteiger partial charge < -0.3 is 36.1 Å². The number of ether oxygens (including phenoxy) is 1. The van der Waals surface area contributed by atoms with Gasteiger partial charge in [0.25, 0.3) is 0 Å². The number of carbonyl (C=O) groups excluding carboxylic acids is 2. The molecule has 0 radical (unpaired) electrons. The molecule has 0 saturated carbocycles. The highest BCUT2D eigenvalue weighted by atomic mass is 19.4. The summed E-state index contributed by atoms with van der Waals surface area (Å²) in [6.45, 7) is 1.46. The zero-order chi connectivity index (χ0) is 30.0. The number of rotatable bonds is 11. The van der Waals surface area contributed by atoms with Gasteiger partial charge in [-0.2, -0.15) is 13.2 Å². The van der Waals surface area contributed by atoms with Gasteiger partial charge in [0.15, 0.2) is 0 Å². The molecule has 1 saturated heterocycles. The van der Waals surface area contributed by atoms with Crippen molar-refractivity contribution in [3.05, 3.63) is 41.9 Å². The number of hydrogen-bond acceptors (Lipinski definition) is 7. The quantitative estimate of drug-likeness (QED) is 0.255. The maximum Gasteiger partial charge on any atom is 0.405 e. The Morgan fingerprint density at radius 3 is 2.68 bits per heavy atom.